The Hall–Kier alpha value is -4.26. The van der Waals surface area contributed by atoms with Crippen molar-refractivity contribution < 1.29 is 24.2 Å². The molecule has 1 aliphatic heterocycles. The van der Waals surface area contributed by atoms with Crippen molar-refractivity contribution in [2.24, 2.45) is 5.92 Å². The molecule has 1 fully saturated rings. The number of hydrogen-bond donors (Lipinski definition) is 1. The number of amides is 1. The lowest BCUT2D eigenvalue weighted by atomic mass is 9.94. The Morgan fingerprint density at radius 3 is 2.33 bits per heavy atom. The van der Waals surface area contributed by atoms with Gasteiger partial charge in [-0.15, -0.1) is 0 Å². The molecule has 4 rings (SSSR count). The molecular formula is C32H36N2O5. The first-order chi connectivity index (χ1) is 18.6. The van der Waals surface area contributed by atoms with Gasteiger partial charge in [-0.05, 0) is 73.4 Å². The van der Waals surface area contributed by atoms with Gasteiger partial charge in [0.15, 0.2) is 0 Å². The minimum atomic E-state index is -0.824. The lowest BCUT2D eigenvalue weighted by Gasteiger charge is -2.26. The molecule has 0 saturated carbocycles. The van der Waals surface area contributed by atoms with Gasteiger partial charge in [0.25, 0.3) is 11.7 Å². The molecule has 1 unspecified atom stereocenters. The maximum atomic E-state index is 13.5. The van der Waals surface area contributed by atoms with Gasteiger partial charge in [0.2, 0.25) is 0 Å². The van der Waals surface area contributed by atoms with Gasteiger partial charge in [-0.2, -0.15) is 0 Å². The van der Waals surface area contributed by atoms with Gasteiger partial charge in [0.05, 0.1) is 24.8 Å². The zero-order chi connectivity index (χ0) is 28.3. The van der Waals surface area contributed by atoms with Crippen LogP contribution in [-0.2, 0) is 9.59 Å². The minimum absolute atomic E-state index is 0.0367. The molecule has 0 spiro atoms. The molecule has 1 atom stereocenters. The largest absolute Gasteiger partial charge is 0.507 e. The van der Waals surface area contributed by atoms with E-state index >= 15 is 0 Å². The van der Waals surface area contributed by atoms with E-state index in [9.17, 15) is 14.7 Å². The summed E-state index contributed by atoms with van der Waals surface area (Å²) in [6.07, 6.45) is 0. The number of carbonyl (C=O) groups is 2. The van der Waals surface area contributed by atoms with Gasteiger partial charge in [-0.25, -0.2) is 0 Å². The quantitative estimate of drug-likeness (QED) is 0.205. The van der Waals surface area contributed by atoms with Crippen LogP contribution in [0.15, 0.2) is 72.3 Å². The van der Waals surface area contributed by atoms with Gasteiger partial charge in [-0.3, -0.25) is 14.5 Å². The smallest absolute Gasteiger partial charge is 0.300 e. The summed E-state index contributed by atoms with van der Waals surface area (Å²) in [6, 6.07) is 19.2. The highest BCUT2D eigenvalue weighted by molar-refractivity contribution is 6.51. The topological polar surface area (TPSA) is 79.3 Å². The molecule has 7 heteroatoms. The molecule has 1 aliphatic rings. The molecule has 0 bridgehead atoms. The number of ether oxygens (including phenoxy) is 2. The fourth-order valence-corrected chi connectivity index (χ4v) is 4.63. The summed E-state index contributed by atoms with van der Waals surface area (Å²) >= 11 is 0. The summed E-state index contributed by atoms with van der Waals surface area (Å²) in [4.78, 5) is 30.5. The van der Waals surface area contributed by atoms with Crippen LogP contribution in [0.4, 0.5) is 11.4 Å². The molecule has 1 N–H and O–H groups in total. The van der Waals surface area contributed by atoms with Gasteiger partial charge >= 0.3 is 0 Å². The number of aryl methyl sites for hydroxylation is 1. The average Bonchev–Trinajstić information content (AvgIpc) is 3.18. The second-order valence-corrected chi connectivity index (χ2v) is 10.3. The zero-order valence-corrected chi connectivity index (χ0v) is 23.4. The highest BCUT2D eigenvalue weighted by atomic mass is 16.5. The van der Waals surface area contributed by atoms with Crippen LogP contribution in [0.25, 0.3) is 5.76 Å². The molecule has 204 valence electrons. The number of ketones is 1. The van der Waals surface area contributed by atoms with Crippen LogP contribution in [0.3, 0.4) is 0 Å². The molecule has 1 heterocycles. The Morgan fingerprint density at radius 2 is 1.72 bits per heavy atom. The van der Waals surface area contributed by atoms with Crippen molar-refractivity contribution in [2.75, 3.05) is 37.1 Å². The summed E-state index contributed by atoms with van der Waals surface area (Å²) < 4.78 is 11.5. The van der Waals surface area contributed by atoms with Gasteiger partial charge < -0.3 is 19.5 Å². The molecule has 0 radical (unpaired) electrons. The Kier molecular flexibility index (Phi) is 8.29. The van der Waals surface area contributed by atoms with Crippen LogP contribution in [0.5, 0.6) is 11.5 Å². The maximum absolute atomic E-state index is 13.5. The Balaban J connectivity index is 1.85. The van der Waals surface area contributed by atoms with Crippen molar-refractivity contribution in [3.05, 3.63) is 89.0 Å². The highest BCUT2D eigenvalue weighted by Crippen LogP contribution is 2.43. The Morgan fingerprint density at radius 1 is 1.00 bits per heavy atom. The van der Waals surface area contributed by atoms with E-state index in [1.165, 1.54) is 4.90 Å². The molecule has 7 nitrogen and oxygen atoms in total. The van der Waals surface area contributed by atoms with E-state index in [-0.39, 0.29) is 11.3 Å². The number of rotatable bonds is 9. The van der Waals surface area contributed by atoms with Crippen LogP contribution in [0.2, 0.25) is 0 Å². The third-order valence-electron chi connectivity index (χ3n) is 6.60. The second-order valence-electron chi connectivity index (χ2n) is 10.3. The van der Waals surface area contributed by atoms with Crippen LogP contribution in [-0.4, -0.2) is 44.1 Å². The third kappa shape index (κ3) is 5.77. The SMILES string of the molecule is CCOc1cccc(N2C(=O)C(=O)/C(=C(/O)c3ccc(OCC(C)C)c(C)c3)C2c2ccc(N(C)C)cc2)c1. The van der Waals surface area contributed by atoms with E-state index in [0.717, 1.165) is 11.3 Å². The van der Waals surface area contributed by atoms with Crippen LogP contribution in [0, 0.1) is 12.8 Å². The monoisotopic (exact) mass is 528 g/mol. The average molecular weight is 529 g/mol. The lowest BCUT2D eigenvalue weighted by molar-refractivity contribution is -0.132. The van der Waals surface area contributed by atoms with E-state index in [2.05, 4.69) is 13.8 Å². The molecular weight excluding hydrogens is 492 g/mol. The van der Waals surface area contributed by atoms with E-state index in [0.29, 0.717) is 47.4 Å². The first-order valence-electron chi connectivity index (χ1n) is 13.2. The number of nitrogens with zero attached hydrogens (tertiary/aromatic N) is 2. The summed E-state index contributed by atoms with van der Waals surface area (Å²) in [5.41, 5.74) is 3.50. The van der Waals surface area contributed by atoms with Crippen molar-refractivity contribution in [1.82, 2.24) is 0 Å². The van der Waals surface area contributed by atoms with Gasteiger partial charge in [0, 0.05) is 37.1 Å². The number of carbonyl (C=O) groups excluding carboxylic acids is 2. The van der Waals surface area contributed by atoms with E-state index in [1.54, 1.807) is 42.5 Å². The van der Waals surface area contributed by atoms with Crippen LogP contribution < -0.4 is 19.3 Å². The first kappa shape index (κ1) is 27.8. The number of anilines is 2. The number of aliphatic hydroxyl groups is 1. The number of Topliss-reactive ketones (excluding diaryl/α,β-unsaturated/α-hetero) is 1. The molecule has 3 aromatic carbocycles. The number of hydrogen-bond acceptors (Lipinski definition) is 6. The molecule has 39 heavy (non-hydrogen) atoms. The van der Waals surface area contributed by atoms with E-state index in [1.807, 2.05) is 57.1 Å². The van der Waals surface area contributed by atoms with Crippen LogP contribution >= 0.6 is 0 Å². The van der Waals surface area contributed by atoms with Crippen molar-refractivity contribution in [1.29, 1.82) is 0 Å². The van der Waals surface area contributed by atoms with Crippen LogP contribution in [0.1, 0.15) is 43.5 Å². The zero-order valence-electron chi connectivity index (χ0n) is 23.4. The molecule has 3 aromatic rings. The molecule has 0 aliphatic carbocycles. The highest BCUT2D eigenvalue weighted by Gasteiger charge is 2.47. The first-order valence-corrected chi connectivity index (χ1v) is 13.2. The predicted octanol–water partition coefficient (Wildman–Crippen LogP) is 6.12. The molecule has 0 aromatic heterocycles. The third-order valence-corrected chi connectivity index (χ3v) is 6.60. The van der Waals surface area contributed by atoms with Crippen molar-refractivity contribution in [3.8, 4) is 11.5 Å². The second kappa shape index (κ2) is 11.6. The standard InChI is InChI=1S/C32H36N2O5/c1-7-38-26-10-8-9-25(18-26)34-29(22-11-14-24(15-12-22)33(5)6)28(31(36)32(34)37)30(35)23-13-16-27(21(4)17-23)39-19-20(2)3/h8-18,20,29,35H,7,19H2,1-6H3/b30-28+. The summed E-state index contributed by atoms with van der Waals surface area (Å²) in [7, 11) is 3.88. The molecule has 1 amide bonds. The van der Waals surface area contributed by atoms with Gasteiger partial charge in [0.1, 0.15) is 17.3 Å². The normalized spacial score (nSPS) is 16.6. The van der Waals surface area contributed by atoms with Crippen molar-refractivity contribution in [3.63, 3.8) is 0 Å². The lowest BCUT2D eigenvalue weighted by Crippen LogP contribution is -2.29. The molecule has 1 saturated heterocycles. The summed E-state index contributed by atoms with van der Waals surface area (Å²) in [6.45, 7) is 8.95. The minimum Gasteiger partial charge on any atom is -0.507 e. The predicted molar refractivity (Wildman–Crippen MR) is 155 cm³/mol. The number of aliphatic hydroxyl groups excluding tert-OH is 1. The van der Waals surface area contributed by atoms with Crippen molar-refractivity contribution >= 4 is 28.8 Å². The van der Waals surface area contributed by atoms with Crippen molar-refractivity contribution in [2.45, 2.75) is 33.7 Å². The summed E-state index contributed by atoms with van der Waals surface area (Å²) in [5, 5.41) is 11.5. The van der Waals surface area contributed by atoms with E-state index < -0.39 is 17.7 Å². The van der Waals surface area contributed by atoms with Gasteiger partial charge in [-0.1, -0.05) is 32.0 Å². The Bertz CT molecular complexity index is 1390. The fraction of sp³-hybridized carbons (Fsp3) is 0.312. The number of benzene rings is 3. The Labute approximate surface area is 230 Å². The maximum Gasteiger partial charge on any atom is 0.300 e. The van der Waals surface area contributed by atoms with E-state index in [4.69, 9.17) is 9.47 Å². The summed E-state index contributed by atoms with van der Waals surface area (Å²) in [5.74, 6) is -0.00431. The fourth-order valence-electron chi connectivity index (χ4n) is 4.63.